The van der Waals surface area contributed by atoms with Crippen molar-refractivity contribution in [3.8, 4) is 0 Å². The van der Waals surface area contributed by atoms with Gasteiger partial charge in [-0.1, -0.05) is 180 Å². The second-order valence-electron chi connectivity index (χ2n) is 17.4. The average molecular weight is 795 g/mol. The Kier molecular flexibility index (Phi) is 38.5. The predicted molar refractivity (Wildman–Crippen MR) is 234 cm³/mol. The van der Waals surface area contributed by atoms with Gasteiger partial charge in [-0.15, -0.1) is 0 Å². The summed E-state index contributed by atoms with van der Waals surface area (Å²) < 4.78 is 17.3. The van der Waals surface area contributed by atoms with Gasteiger partial charge in [-0.05, 0) is 38.5 Å². The molecule has 0 aromatic heterocycles. The minimum atomic E-state index is -0.872. The standard InChI is InChI=1S/C48H91NO7/c1-6-8-10-12-14-16-18-20-22-23-24-25-27-29-31-33-35-37-39-47(51)56-44(42-54-41-40-45(48(52)53)49(3,4)5)43-55-46(50)38-36-34-32-30-28-26-21-19-17-15-13-11-9-7-2/h22-23,44-45H,6-21,24-43H2,1-5H3/p+1/b23-22-. The molecule has 2 atom stereocenters. The summed E-state index contributed by atoms with van der Waals surface area (Å²) in [4.78, 5) is 37.0. The molecule has 0 aromatic carbocycles. The monoisotopic (exact) mass is 795 g/mol. The van der Waals surface area contributed by atoms with E-state index >= 15 is 0 Å². The molecule has 0 spiro atoms. The number of carbonyl (C=O) groups is 3. The molecule has 1 N–H and O–H groups in total. The fourth-order valence-corrected chi connectivity index (χ4v) is 7.21. The second kappa shape index (κ2) is 39.9. The van der Waals surface area contributed by atoms with Gasteiger partial charge in [-0.2, -0.15) is 0 Å². The van der Waals surface area contributed by atoms with Crippen molar-refractivity contribution < 1.29 is 38.2 Å². The third-order valence-electron chi connectivity index (χ3n) is 10.9. The van der Waals surface area contributed by atoms with E-state index in [1.165, 1.54) is 154 Å². The van der Waals surface area contributed by atoms with Crippen LogP contribution in [0.1, 0.15) is 226 Å². The predicted octanol–water partition coefficient (Wildman–Crippen LogP) is 13.1. The van der Waals surface area contributed by atoms with E-state index in [0.717, 1.165) is 38.5 Å². The molecule has 0 aliphatic carbocycles. The van der Waals surface area contributed by atoms with Crippen molar-refractivity contribution in [1.82, 2.24) is 0 Å². The van der Waals surface area contributed by atoms with Gasteiger partial charge in [0.1, 0.15) is 6.61 Å². The molecule has 0 rings (SSSR count). The molecule has 2 unspecified atom stereocenters. The minimum Gasteiger partial charge on any atom is -0.477 e. The lowest BCUT2D eigenvalue weighted by molar-refractivity contribution is -0.887. The molecule has 0 aliphatic heterocycles. The van der Waals surface area contributed by atoms with Gasteiger partial charge in [0.05, 0.1) is 34.4 Å². The fraction of sp³-hybridized carbons (Fsp3) is 0.896. The van der Waals surface area contributed by atoms with Crippen molar-refractivity contribution in [2.45, 2.75) is 238 Å². The van der Waals surface area contributed by atoms with Gasteiger partial charge in [0, 0.05) is 19.3 Å². The number of quaternary nitrogens is 1. The van der Waals surface area contributed by atoms with E-state index < -0.39 is 18.1 Å². The number of esters is 2. The van der Waals surface area contributed by atoms with E-state index in [4.69, 9.17) is 14.2 Å². The molecule has 56 heavy (non-hydrogen) atoms. The Morgan fingerprint density at radius 1 is 0.518 bits per heavy atom. The number of aliphatic carboxylic acids is 1. The lowest BCUT2D eigenvalue weighted by atomic mass is 10.0. The molecule has 0 bridgehead atoms. The zero-order valence-electron chi connectivity index (χ0n) is 37.6. The molecule has 0 heterocycles. The highest BCUT2D eigenvalue weighted by molar-refractivity contribution is 5.72. The Balaban J connectivity index is 4.28. The van der Waals surface area contributed by atoms with Crippen LogP contribution in [0.25, 0.3) is 0 Å². The van der Waals surface area contributed by atoms with Crippen LogP contribution in [0, 0.1) is 0 Å². The number of carboxylic acid groups (broad SMARTS) is 1. The number of unbranched alkanes of at least 4 members (excludes halogenated alkanes) is 27. The number of rotatable bonds is 43. The molecule has 0 aromatic rings. The molecule has 0 fully saturated rings. The number of hydrogen-bond acceptors (Lipinski definition) is 6. The first-order chi connectivity index (χ1) is 27.1. The zero-order chi connectivity index (χ0) is 41.4. The number of carbonyl (C=O) groups excluding carboxylic acids is 2. The van der Waals surface area contributed by atoms with Crippen LogP contribution < -0.4 is 0 Å². The number of allylic oxidation sites excluding steroid dienone is 2. The summed E-state index contributed by atoms with van der Waals surface area (Å²) in [6.45, 7) is 4.76. The first-order valence-corrected chi connectivity index (χ1v) is 23.7. The number of nitrogens with zero attached hydrogens (tertiary/aromatic N) is 1. The van der Waals surface area contributed by atoms with Gasteiger partial charge >= 0.3 is 17.9 Å². The number of ether oxygens (including phenoxy) is 3. The quantitative estimate of drug-likeness (QED) is 0.0284. The van der Waals surface area contributed by atoms with Gasteiger partial charge in [-0.3, -0.25) is 9.59 Å². The van der Waals surface area contributed by atoms with Crippen LogP contribution in [0.4, 0.5) is 0 Å². The van der Waals surface area contributed by atoms with Crippen LogP contribution >= 0.6 is 0 Å². The minimum absolute atomic E-state index is 0.0464. The topological polar surface area (TPSA) is 99.1 Å². The summed E-state index contributed by atoms with van der Waals surface area (Å²) in [5.74, 6) is -1.46. The van der Waals surface area contributed by atoms with Gasteiger partial charge in [0.25, 0.3) is 0 Å². The molecule has 330 valence electrons. The molecular formula is C48H92NO7+. The fourth-order valence-electron chi connectivity index (χ4n) is 7.21. The van der Waals surface area contributed by atoms with Gasteiger partial charge in [0.2, 0.25) is 0 Å². The SMILES string of the molecule is CCCCCCCCC/C=C\CCCCCCCCCC(=O)OC(COCCC(C(=O)O)[N+](C)(C)C)COC(=O)CCCCCCCCCCCCCCCC. The summed E-state index contributed by atoms with van der Waals surface area (Å²) in [7, 11) is 5.54. The Morgan fingerprint density at radius 2 is 0.893 bits per heavy atom. The number of likely N-dealkylation sites (N-methyl/N-ethyl adjacent to an activating group) is 1. The van der Waals surface area contributed by atoms with Crippen LogP contribution in [0.3, 0.4) is 0 Å². The van der Waals surface area contributed by atoms with E-state index in [2.05, 4.69) is 26.0 Å². The number of carboxylic acids is 1. The normalized spacial score (nSPS) is 12.9. The van der Waals surface area contributed by atoms with Crippen molar-refractivity contribution in [2.75, 3.05) is 41.0 Å². The Bertz CT molecular complexity index is 931. The van der Waals surface area contributed by atoms with E-state index in [1.54, 1.807) is 0 Å². The van der Waals surface area contributed by atoms with Gasteiger partial charge in [-0.25, -0.2) is 4.79 Å². The Labute approximate surface area is 346 Å². The van der Waals surface area contributed by atoms with Crippen molar-refractivity contribution in [3.05, 3.63) is 12.2 Å². The number of hydrogen-bond donors (Lipinski definition) is 1. The third kappa shape index (κ3) is 37.6. The molecule has 0 aliphatic rings. The summed E-state index contributed by atoms with van der Waals surface area (Å²) in [6.07, 6.45) is 42.5. The van der Waals surface area contributed by atoms with Crippen molar-refractivity contribution in [3.63, 3.8) is 0 Å². The van der Waals surface area contributed by atoms with E-state index in [1.807, 2.05) is 21.1 Å². The maximum absolute atomic E-state index is 12.7. The zero-order valence-corrected chi connectivity index (χ0v) is 37.6. The molecular weight excluding hydrogens is 703 g/mol. The highest BCUT2D eigenvalue weighted by Gasteiger charge is 2.31. The van der Waals surface area contributed by atoms with Gasteiger partial charge < -0.3 is 23.8 Å². The van der Waals surface area contributed by atoms with Crippen LogP contribution in [0.2, 0.25) is 0 Å². The highest BCUT2D eigenvalue weighted by Crippen LogP contribution is 2.16. The van der Waals surface area contributed by atoms with Crippen LogP contribution in [-0.4, -0.2) is 80.6 Å². The van der Waals surface area contributed by atoms with Crippen LogP contribution in [0.15, 0.2) is 12.2 Å². The Hall–Kier alpha value is -1.93. The van der Waals surface area contributed by atoms with E-state index in [0.29, 0.717) is 19.3 Å². The van der Waals surface area contributed by atoms with E-state index in [9.17, 15) is 19.5 Å². The summed E-state index contributed by atoms with van der Waals surface area (Å²) in [6, 6.07) is -0.611. The van der Waals surface area contributed by atoms with E-state index in [-0.39, 0.29) is 36.2 Å². The molecule has 0 saturated heterocycles. The van der Waals surface area contributed by atoms with Gasteiger partial charge in [0.15, 0.2) is 12.1 Å². The van der Waals surface area contributed by atoms with Crippen molar-refractivity contribution in [2.24, 2.45) is 0 Å². The second-order valence-corrected chi connectivity index (χ2v) is 17.4. The largest absolute Gasteiger partial charge is 0.477 e. The summed E-state index contributed by atoms with van der Waals surface area (Å²) in [5.41, 5.74) is 0. The third-order valence-corrected chi connectivity index (χ3v) is 10.9. The highest BCUT2D eigenvalue weighted by atomic mass is 16.6. The van der Waals surface area contributed by atoms with Crippen molar-refractivity contribution in [1.29, 1.82) is 0 Å². The summed E-state index contributed by atoms with van der Waals surface area (Å²) in [5, 5.41) is 9.63. The average Bonchev–Trinajstić information content (AvgIpc) is 3.15. The first-order valence-electron chi connectivity index (χ1n) is 23.7. The molecule has 0 saturated carbocycles. The maximum Gasteiger partial charge on any atom is 0.362 e. The molecule has 0 radical (unpaired) electrons. The van der Waals surface area contributed by atoms with Crippen molar-refractivity contribution >= 4 is 17.9 Å². The molecule has 8 nitrogen and oxygen atoms in total. The maximum atomic E-state index is 12.7. The molecule has 8 heteroatoms. The lowest BCUT2D eigenvalue weighted by Gasteiger charge is -2.31. The van der Waals surface area contributed by atoms with Crippen LogP contribution in [0.5, 0.6) is 0 Å². The lowest BCUT2D eigenvalue weighted by Crippen LogP contribution is -2.50. The van der Waals surface area contributed by atoms with Crippen LogP contribution in [-0.2, 0) is 28.6 Å². The molecule has 0 amide bonds. The Morgan fingerprint density at radius 3 is 1.29 bits per heavy atom. The summed E-state index contributed by atoms with van der Waals surface area (Å²) >= 11 is 0. The smallest absolute Gasteiger partial charge is 0.362 e. The first kappa shape index (κ1) is 54.1.